The van der Waals surface area contributed by atoms with E-state index < -0.39 is 9.84 Å². The predicted molar refractivity (Wildman–Crippen MR) is 60.6 cm³/mol. The lowest BCUT2D eigenvalue weighted by Gasteiger charge is -2.22. The lowest BCUT2D eigenvalue weighted by molar-refractivity contribution is 0.282. The van der Waals surface area contributed by atoms with E-state index in [1.807, 2.05) is 0 Å². The summed E-state index contributed by atoms with van der Waals surface area (Å²) >= 11 is 0. The maximum atomic E-state index is 11.3. The second-order valence-corrected chi connectivity index (χ2v) is 6.42. The molecule has 1 atom stereocenters. The van der Waals surface area contributed by atoms with Crippen LogP contribution in [0.25, 0.3) is 0 Å². The summed E-state index contributed by atoms with van der Waals surface area (Å²) in [5.41, 5.74) is 0. The molecular weight excluding hydrogens is 214 g/mol. The Morgan fingerprint density at radius 3 is 2.73 bits per heavy atom. The molecule has 1 rings (SSSR count). The summed E-state index contributed by atoms with van der Waals surface area (Å²) in [6.07, 6.45) is 4.61. The van der Waals surface area contributed by atoms with Gasteiger partial charge < -0.3 is 10.4 Å². The van der Waals surface area contributed by atoms with E-state index in [4.69, 9.17) is 5.11 Å². The number of nitrogens with one attached hydrogen (secondary N) is 1. The minimum Gasteiger partial charge on any atom is -0.396 e. The molecule has 0 radical (unpaired) electrons. The van der Waals surface area contributed by atoms with Gasteiger partial charge in [-0.05, 0) is 38.6 Å². The number of hydrogen-bond donors (Lipinski definition) is 2. The van der Waals surface area contributed by atoms with Gasteiger partial charge in [0.2, 0.25) is 0 Å². The van der Waals surface area contributed by atoms with E-state index in [-0.39, 0.29) is 12.6 Å². The Labute approximate surface area is 92.0 Å². The number of sulfone groups is 1. The molecule has 1 heterocycles. The largest absolute Gasteiger partial charge is 0.396 e. The fourth-order valence-corrected chi connectivity index (χ4v) is 3.57. The zero-order valence-corrected chi connectivity index (χ0v) is 9.93. The minimum atomic E-state index is -2.78. The average molecular weight is 235 g/mol. The van der Waals surface area contributed by atoms with E-state index >= 15 is 0 Å². The van der Waals surface area contributed by atoms with Gasteiger partial charge in [-0.3, -0.25) is 0 Å². The fraction of sp³-hybridized carbons (Fsp3) is 1.00. The molecular formula is C10H21NO3S. The van der Waals surface area contributed by atoms with Crippen molar-refractivity contribution in [3.05, 3.63) is 0 Å². The molecule has 0 aromatic carbocycles. The van der Waals surface area contributed by atoms with E-state index in [1.54, 1.807) is 0 Å². The molecule has 0 bridgehead atoms. The second kappa shape index (κ2) is 6.45. The highest BCUT2D eigenvalue weighted by atomic mass is 32.2. The molecule has 1 fully saturated rings. The first kappa shape index (κ1) is 12.9. The van der Waals surface area contributed by atoms with Crippen LogP contribution in [-0.4, -0.2) is 44.2 Å². The number of aliphatic hydroxyl groups is 1. The molecule has 1 saturated heterocycles. The van der Waals surface area contributed by atoms with Gasteiger partial charge in [-0.2, -0.15) is 0 Å². The summed E-state index contributed by atoms with van der Waals surface area (Å²) in [5, 5.41) is 11.9. The van der Waals surface area contributed by atoms with Gasteiger partial charge in [0.05, 0.1) is 11.5 Å². The quantitative estimate of drug-likeness (QED) is 0.651. The Kier molecular flexibility index (Phi) is 5.56. The third-order valence-corrected chi connectivity index (χ3v) is 4.55. The molecule has 0 aliphatic carbocycles. The van der Waals surface area contributed by atoms with E-state index in [2.05, 4.69) is 5.32 Å². The van der Waals surface area contributed by atoms with Crippen molar-refractivity contribution in [2.75, 3.05) is 24.7 Å². The van der Waals surface area contributed by atoms with Gasteiger partial charge >= 0.3 is 0 Å². The monoisotopic (exact) mass is 235 g/mol. The van der Waals surface area contributed by atoms with Crippen LogP contribution in [0.2, 0.25) is 0 Å². The van der Waals surface area contributed by atoms with E-state index in [0.717, 1.165) is 38.6 Å². The van der Waals surface area contributed by atoms with Crippen LogP contribution in [0.1, 0.15) is 32.1 Å². The Hall–Kier alpha value is -0.130. The van der Waals surface area contributed by atoms with Crippen LogP contribution in [-0.2, 0) is 9.84 Å². The maximum Gasteiger partial charge on any atom is 0.151 e. The Morgan fingerprint density at radius 1 is 1.27 bits per heavy atom. The zero-order chi connectivity index (χ0) is 11.1. The summed E-state index contributed by atoms with van der Waals surface area (Å²) in [6, 6.07) is 0.151. The fourth-order valence-electron chi connectivity index (χ4n) is 1.90. The molecule has 15 heavy (non-hydrogen) atoms. The molecule has 0 aromatic rings. The lowest BCUT2D eigenvalue weighted by Crippen LogP contribution is -2.40. The standard InChI is InChI=1S/C10H21NO3S/c12-7-3-1-2-6-11-10-5-4-8-15(13,14)9-10/h10-12H,1-9H2. The number of unbranched alkanes of at least 4 members (excludes halogenated alkanes) is 2. The first-order chi connectivity index (χ1) is 7.14. The Bertz CT molecular complexity index is 264. The SMILES string of the molecule is O=S1(=O)CCCC(NCCCCCO)C1. The van der Waals surface area contributed by atoms with Crippen molar-refractivity contribution in [1.82, 2.24) is 5.32 Å². The van der Waals surface area contributed by atoms with Crippen molar-refractivity contribution in [1.29, 1.82) is 0 Å². The van der Waals surface area contributed by atoms with Gasteiger partial charge in [0.1, 0.15) is 0 Å². The first-order valence-corrected chi connectivity index (χ1v) is 7.51. The van der Waals surface area contributed by atoms with Crippen molar-refractivity contribution < 1.29 is 13.5 Å². The summed E-state index contributed by atoms with van der Waals surface area (Å²) in [5.74, 6) is 0.655. The Morgan fingerprint density at radius 2 is 2.07 bits per heavy atom. The molecule has 0 spiro atoms. The predicted octanol–water partition coefficient (Wildman–Crippen LogP) is 0.316. The summed E-state index contributed by atoms with van der Waals surface area (Å²) in [6.45, 7) is 1.11. The van der Waals surface area contributed by atoms with Crippen molar-refractivity contribution in [2.45, 2.75) is 38.1 Å². The van der Waals surface area contributed by atoms with Crippen LogP contribution in [0.15, 0.2) is 0 Å². The second-order valence-electron chi connectivity index (χ2n) is 4.19. The van der Waals surface area contributed by atoms with Gasteiger partial charge in [0, 0.05) is 12.6 Å². The van der Waals surface area contributed by atoms with Crippen molar-refractivity contribution in [3.8, 4) is 0 Å². The average Bonchev–Trinajstić information content (AvgIpc) is 2.16. The van der Waals surface area contributed by atoms with Crippen LogP contribution in [0.5, 0.6) is 0 Å². The highest BCUT2D eigenvalue weighted by molar-refractivity contribution is 7.91. The molecule has 90 valence electrons. The molecule has 0 amide bonds. The van der Waals surface area contributed by atoms with Gasteiger partial charge in [0.25, 0.3) is 0 Å². The topological polar surface area (TPSA) is 66.4 Å². The molecule has 4 nitrogen and oxygen atoms in total. The van der Waals surface area contributed by atoms with Crippen LogP contribution in [0.3, 0.4) is 0 Å². The number of hydrogen-bond acceptors (Lipinski definition) is 4. The number of aliphatic hydroxyl groups excluding tert-OH is 1. The summed E-state index contributed by atoms with van der Waals surface area (Å²) < 4.78 is 22.6. The molecule has 0 saturated carbocycles. The van der Waals surface area contributed by atoms with E-state index in [0.29, 0.717) is 11.5 Å². The van der Waals surface area contributed by atoms with Crippen LogP contribution >= 0.6 is 0 Å². The van der Waals surface area contributed by atoms with E-state index in [1.165, 1.54) is 0 Å². The van der Waals surface area contributed by atoms with Gasteiger partial charge in [-0.1, -0.05) is 0 Å². The molecule has 1 unspecified atom stereocenters. The van der Waals surface area contributed by atoms with Gasteiger partial charge in [-0.25, -0.2) is 8.42 Å². The normalized spacial score (nSPS) is 25.3. The van der Waals surface area contributed by atoms with E-state index in [9.17, 15) is 8.42 Å². The molecule has 0 aromatic heterocycles. The molecule has 1 aliphatic heterocycles. The molecule has 1 aliphatic rings. The first-order valence-electron chi connectivity index (χ1n) is 5.69. The summed E-state index contributed by atoms with van der Waals surface area (Å²) in [4.78, 5) is 0. The lowest BCUT2D eigenvalue weighted by atomic mass is 10.1. The highest BCUT2D eigenvalue weighted by Crippen LogP contribution is 2.11. The van der Waals surface area contributed by atoms with Crippen LogP contribution in [0.4, 0.5) is 0 Å². The van der Waals surface area contributed by atoms with Crippen molar-refractivity contribution in [3.63, 3.8) is 0 Å². The smallest absolute Gasteiger partial charge is 0.151 e. The van der Waals surface area contributed by atoms with Crippen molar-refractivity contribution in [2.24, 2.45) is 0 Å². The van der Waals surface area contributed by atoms with Crippen LogP contribution < -0.4 is 5.32 Å². The van der Waals surface area contributed by atoms with Crippen LogP contribution in [0, 0.1) is 0 Å². The maximum absolute atomic E-state index is 11.3. The number of rotatable bonds is 6. The molecule has 5 heteroatoms. The summed E-state index contributed by atoms with van der Waals surface area (Å²) in [7, 11) is -2.78. The Balaban J connectivity index is 2.11. The zero-order valence-electron chi connectivity index (χ0n) is 9.11. The van der Waals surface area contributed by atoms with Crippen molar-refractivity contribution >= 4 is 9.84 Å². The highest BCUT2D eigenvalue weighted by Gasteiger charge is 2.23. The molecule has 2 N–H and O–H groups in total. The third kappa shape index (κ3) is 5.49. The van der Waals surface area contributed by atoms with Gasteiger partial charge in [0.15, 0.2) is 9.84 Å². The van der Waals surface area contributed by atoms with Gasteiger partial charge in [-0.15, -0.1) is 0 Å². The third-order valence-electron chi connectivity index (χ3n) is 2.73. The minimum absolute atomic E-state index is 0.151.